The maximum absolute atomic E-state index is 12.8. The summed E-state index contributed by atoms with van der Waals surface area (Å²) in [5.41, 5.74) is 1.54. The number of hydrogen-bond donors (Lipinski definition) is 1. The monoisotopic (exact) mass is 434 g/mol. The van der Waals surface area contributed by atoms with Crippen molar-refractivity contribution in [2.24, 2.45) is 0 Å². The Morgan fingerprint density at radius 2 is 1.73 bits per heavy atom. The van der Waals surface area contributed by atoms with Crippen molar-refractivity contribution in [1.82, 2.24) is 5.32 Å². The maximum atomic E-state index is 12.8. The van der Waals surface area contributed by atoms with Crippen LogP contribution in [0.5, 0.6) is 11.5 Å². The van der Waals surface area contributed by atoms with Crippen molar-refractivity contribution in [3.8, 4) is 11.5 Å². The predicted molar refractivity (Wildman–Crippen MR) is 119 cm³/mol. The third-order valence-corrected chi connectivity index (χ3v) is 5.91. The predicted octanol–water partition coefficient (Wildman–Crippen LogP) is 3.00. The molecule has 7 nitrogen and oxygen atoms in total. The van der Waals surface area contributed by atoms with Gasteiger partial charge in [0.2, 0.25) is 15.9 Å². The van der Waals surface area contributed by atoms with E-state index in [1.54, 1.807) is 38.3 Å². The molecule has 1 N–H and O–H groups in total. The molecule has 0 spiro atoms. The van der Waals surface area contributed by atoms with Gasteiger partial charge in [-0.05, 0) is 61.2 Å². The lowest BCUT2D eigenvalue weighted by atomic mass is 10.1. The third-order valence-electron chi connectivity index (χ3n) is 4.73. The van der Waals surface area contributed by atoms with Crippen LogP contribution in [0, 0.1) is 0 Å². The summed E-state index contributed by atoms with van der Waals surface area (Å²) in [4.78, 5) is 12.8. The average Bonchev–Trinajstić information content (AvgIpc) is 2.74. The van der Waals surface area contributed by atoms with Gasteiger partial charge in [-0.15, -0.1) is 0 Å². The molecule has 0 radical (unpaired) electrons. The van der Waals surface area contributed by atoms with Gasteiger partial charge in [0.1, 0.15) is 17.5 Å². The van der Waals surface area contributed by atoms with Crippen LogP contribution in [0.3, 0.4) is 0 Å². The van der Waals surface area contributed by atoms with Gasteiger partial charge in [0.15, 0.2) is 0 Å². The highest BCUT2D eigenvalue weighted by Crippen LogP contribution is 2.25. The number of benzene rings is 2. The summed E-state index contributed by atoms with van der Waals surface area (Å²) in [5, 5.41) is 2.88. The van der Waals surface area contributed by atoms with Gasteiger partial charge < -0.3 is 14.8 Å². The minimum atomic E-state index is -3.66. The van der Waals surface area contributed by atoms with Gasteiger partial charge in [0.25, 0.3) is 0 Å². The SMILES string of the molecule is CC[C@@H](C(=O)NCCCc1cccc(OC)c1)N(c1ccc(OC)cc1)S(C)(=O)=O. The smallest absolute Gasteiger partial charge is 0.243 e. The first-order valence-corrected chi connectivity index (χ1v) is 11.7. The number of sulfonamides is 1. The molecule has 2 aromatic rings. The normalized spacial score (nSPS) is 12.1. The molecule has 1 amide bonds. The Morgan fingerprint density at radius 3 is 2.30 bits per heavy atom. The molecule has 0 heterocycles. The Bertz CT molecular complexity index is 929. The number of carbonyl (C=O) groups excluding carboxylic acids is 1. The fraction of sp³-hybridized carbons (Fsp3) is 0.409. The van der Waals surface area contributed by atoms with Crippen molar-refractivity contribution < 1.29 is 22.7 Å². The van der Waals surface area contributed by atoms with E-state index in [4.69, 9.17) is 9.47 Å². The van der Waals surface area contributed by atoms with Crippen LogP contribution in [0.4, 0.5) is 5.69 Å². The number of carbonyl (C=O) groups is 1. The van der Waals surface area contributed by atoms with E-state index in [1.807, 2.05) is 24.3 Å². The zero-order valence-corrected chi connectivity index (χ0v) is 18.7. The van der Waals surface area contributed by atoms with Gasteiger partial charge in [0, 0.05) is 6.54 Å². The van der Waals surface area contributed by atoms with Gasteiger partial charge in [-0.3, -0.25) is 9.10 Å². The molecule has 0 aliphatic rings. The summed E-state index contributed by atoms with van der Waals surface area (Å²) in [6.07, 6.45) is 2.97. The summed E-state index contributed by atoms with van der Waals surface area (Å²) in [7, 11) is -0.493. The quantitative estimate of drug-likeness (QED) is 0.550. The van der Waals surface area contributed by atoms with Crippen molar-refractivity contribution in [3.05, 3.63) is 54.1 Å². The molecule has 0 saturated heterocycles. The van der Waals surface area contributed by atoms with E-state index in [9.17, 15) is 13.2 Å². The maximum Gasteiger partial charge on any atom is 0.243 e. The number of nitrogens with zero attached hydrogens (tertiary/aromatic N) is 1. The van der Waals surface area contributed by atoms with Crippen LogP contribution in [0.2, 0.25) is 0 Å². The lowest BCUT2D eigenvalue weighted by Gasteiger charge is -2.30. The second-order valence-electron chi connectivity index (χ2n) is 6.93. The molecule has 164 valence electrons. The van der Waals surface area contributed by atoms with E-state index in [-0.39, 0.29) is 5.91 Å². The van der Waals surface area contributed by atoms with E-state index >= 15 is 0 Å². The molecule has 8 heteroatoms. The number of nitrogens with one attached hydrogen (secondary N) is 1. The first-order chi connectivity index (χ1) is 14.3. The molecule has 0 fully saturated rings. The highest BCUT2D eigenvalue weighted by atomic mass is 32.2. The average molecular weight is 435 g/mol. The van der Waals surface area contributed by atoms with E-state index < -0.39 is 16.1 Å². The standard InChI is InChI=1S/C22H30N2O5S/c1-5-21(24(30(4,26)27)18-11-13-19(28-2)14-12-18)22(25)23-15-7-9-17-8-6-10-20(16-17)29-3/h6,8,10-14,16,21H,5,7,9,15H2,1-4H3,(H,23,25)/t21-/m0/s1. The molecule has 0 aromatic heterocycles. The molecular weight excluding hydrogens is 404 g/mol. The number of ether oxygens (including phenoxy) is 2. The second-order valence-corrected chi connectivity index (χ2v) is 8.79. The van der Waals surface area contributed by atoms with Crippen LogP contribution >= 0.6 is 0 Å². The van der Waals surface area contributed by atoms with Crippen LogP contribution in [0.1, 0.15) is 25.3 Å². The number of aryl methyl sites for hydroxylation is 1. The first kappa shape index (κ1) is 23.5. The minimum Gasteiger partial charge on any atom is -0.497 e. The lowest BCUT2D eigenvalue weighted by Crippen LogP contribution is -2.49. The Kier molecular flexibility index (Phi) is 8.53. The third kappa shape index (κ3) is 6.38. The van der Waals surface area contributed by atoms with Crippen LogP contribution in [-0.2, 0) is 21.2 Å². The summed E-state index contributed by atoms with van der Waals surface area (Å²) < 4.78 is 36.5. The van der Waals surface area contributed by atoms with Crippen LogP contribution in [0.25, 0.3) is 0 Å². The molecular formula is C22H30N2O5S. The van der Waals surface area contributed by atoms with E-state index in [1.165, 1.54) is 11.4 Å². The minimum absolute atomic E-state index is 0.315. The van der Waals surface area contributed by atoms with E-state index in [0.717, 1.165) is 30.4 Å². The molecule has 2 rings (SSSR count). The first-order valence-electron chi connectivity index (χ1n) is 9.84. The summed E-state index contributed by atoms with van der Waals surface area (Å²) >= 11 is 0. The zero-order chi connectivity index (χ0) is 22.1. The van der Waals surface area contributed by atoms with Crippen LogP contribution < -0.4 is 19.1 Å². The molecule has 0 unspecified atom stereocenters. The van der Waals surface area contributed by atoms with Crippen molar-refractivity contribution in [2.45, 2.75) is 32.2 Å². The number of amides is 1. The fourth-order valence-electron chi connectivity index (χ4n) is 3.24. The van der Waals surface area contributed by atoms with Crippen molar-refractivity contribution >= 4 is 21.6 Å². The Labute approximate surface area is 179 Å². The number of anilines is 1. The summed E-state index contributed by atoms with van der Waals surface area (Å²) in [5.74, 6) is 1.09. The van der Waals surface area contributed by atoms with Crippen molar-refractivity contribution in [3.63, 3.8) is 0 Å². The van der Waals surface area contributed by atoms with Gasteiger partial charge in [0.05, 0.1) is 26.2 Å². The number of hydrogen-bond acceptors (Lipinski definition) is 5. The van der Waals surface area contributed by atoms with Crippen LogP contribution in [0.15, 0.2) is 48.5 Å². The molecule has 0 saturated carbocycles. The topological polar surface area (TPSA) is 84.9 Å². The van der Waals surface area contributed by atoms with E-state index in [2.05, 4.69) is 5.32 Å². The van der Waals surface area contributed by atoms with Gasteiger partial charge in [-0.2, -0.15) is 0 Å². The number of methoxy groups -OCH3 is 2. The molecule has 2 aromatic carbocycles. The Balaban J connectivity index is 2.04. The largest absolute Gasteiger partial charge is 0.497 e. The molecule has 1 atom stereocenters. The lowest BCUT2D eigenvalue weighted by molar-refractivity contribution is -0.122. The molecule has 0 aliphatic carbocycles. The summed E-state index contributed by atoms with van der Waals surface area (Å²) in [6.45, 7) is 2.24. The Morgan fingerprint density at radius 1 is 1.07 bits per heavy atom. The fourth-order valence-corrected chi connectivity index (χ4v) is 4.45. The van der Waals surface area contributed by atoms with Crippen LogP contribution in [-0.4, -0.2) is 47.4 Å². The highest BCUT2D eigenvalue weighted by molar-refractivity contribution is 7.92. The second kappa shape index (κ2) is 10.9. The van der Waals surface area contributed by atoms with Gasteiger partial charge >= 0.3 is 0 Å². The van der Waals surface area contributed by atoms with Gasteiger partial charge in [-0.25, -0.2) is 8.42 Å². The summed E-state index contributed by atoms with van der Waals surface area (Å²) in [6, 6.07) is 13.6. The molecule has 0 aliphatic heterocycles. The molecule has 0 bridgehead atoms. The number of rotatable bonds is 11. The van der Waals surface area contributed by atoms with Crippen molar-refractivity contribution in [2.75, 3.05) is 31.3 Å². The van der Waals surface area contributed by atoms with Crippen molar-refractivity contribution in [1.29, 1.82) is 0 Å². The Hall–Kier alpha value is -2.74. The highest BCUT2D eigenvalue weighted by Gasteiger charge is 2.31. The van der Waals surface area contributed by atoms with Gasteiger partial charge in [-0.1, -0.05) is 19.1 Å². The zero-order valence-electron chi connectivity index (χ0n) is 17.9. The molecule has 30 heavy (non-hydrogen) atoms. The van der Waals surface area contributed by atoms with E-state index in [0.29, 0.717) is 24.4 Å².